The van der Waals surface area contributed by atoms with Crippen LogP contribution in [-0.4, -0.2) is 0 Å². The standard InChI is InChI=1S/C7H8S2.C6H14/c1-5-2-3-6(8)7(9)4-5;1-3-5-6-4-2/h2-4,8-9H,1H3;3-6H2,1-2H3. The Hall–Kier alpha value is -0.0800. The third kappa shape index (κ3) is 7.80. The lowest BCUT2D eigenvalue weighted by Crippen LogP contribution is -1.73. The summed E-state index contributed by atoms with van der Waals surface area (Å²) in [5, 5.41) is 0. The minimum Gasteiger partial charge on any atom is -0.142 e. The fourth-order valence-electron chi connectivity index (χ4n) is 1.13. The first kappa shape index (κ1) is 14.9. The van der Waals surface area contributed by atoms with Crippen molar-refractivity contribution in [1.82, 2.24) is 0 Å². The molecule has 0 bridgehead atoms. The van der Waals surface area contributed by atoms with Gasteiger partial charge in [0.1, 0.15) is 0 Å². The molecule has 0 aliphatic heterocycles. The summed E-state index contributed by atoms with van der Waals surface area (Å²) in [6.07, 6.45) is 5.54. The van der Waals surface area contributed by atoms with Crippen LogP contribution in [0.5, 0.6) is 0 Å². The van der Waals surface area contributed by atoms with Crippen molar-refractivity contribution in [3.05, 3.63) is 23.8 Å². The van der Waals surface area contributed by atoms with Crippen LogP contribution in [0.15, 0.2) is 28.0 Å². The SMILES string of the molecule is CCCCCC.Cc1ccc(S)c(S)c1. The lowest BCUT2D eigenvalue weighted by Gasteiger charge is -1.96. The van der Waals surface area contributed by atoms with Gasteiger partial charge in [-0.15, -0.1) is 25.3 Å². The highest BCUT2D eigenvalue weighted by molar-refractivity contribution is 7.83. The van der Waals surface area contributed by atoms with Crippen molar-refractivity contribution in [2.75, 3.05) is 0 Å². The first-order valence-corrected chi connectivity index (χ1v) is 6.49. The number of unbranched alkanes of at least 4 members (excludes halogenated alkanes) is 3. The molecule has 0 aromatic heterocycles. The third-order valence-electron chi connectivity index (χ3n) is 2.09. The second kappa shape index (κ2) is 9.17. The van der Waals surface area contributed by atoms with Crippen LogP contribution in [0, 0.1) is 6.92 Å². The topological polar surface area (TPSA) is 0 Å². The molecule has 0 saturated heterocycles. The Morgan fingerprint density at radius 3 is 1.80 bits per heavy atom. The van der Waals surface area contributed by atoms with Crippen molar-refractivity contribution in [2.24, 2.45) is 0 Å². The molecule has 1 aromatic rings. The fraction of sp³-hybridized carbons (Fsp3) is 0.538. The second-order valence-electron chi connectivity index (χ2n) is 3.70. The maximum absolute atomic E-state index is 4.19. The van der Waals surface area contributed by atoms with E-state index in [1.54, 1.807) is 0 Å². The van der Waals surface area contributed by atoms with E-state index in [0.717, 1.165) is 9.79 Å². The first-order valence-electron chi connectivity index (χ1n) is 5.60. The predicted molar refractivity (Wildman–Crippen MR) is 75.5 cm³/mol. The molecule has 86 valence electrons. The highest BCUT2D eigenvalue weighted by Crippen LogP contribution is 2.18. The Morgan fingerprint density at radius 2 is 1.47 bits per heavy atom. The Kier molecular flexibility index (Phi) is 9.12. The summed E-state index contributed by atoms with van der Waals surface area (Å²) in [6, 6.07) is 5.95. The number of hydrogen-bond donors (Lipinski definition) is 2. The maximum atomic E-state index is 4.19. The molecular weight excluding hydrogens is 220 g/mol. The Labute approximate surface area is 105 Å². The van der Waals surface area contributed by atoms with E-state index in [4.69, 9.17) is 0 Å². The molecule has 0 aliphatic rings. The van der Waals surface area contributed by atoms with E-state index in [0.29, 0.717) is 0 Å². The van der Waals surface area contributed by atoms with Gasteiger partial charge in [0.25, 0.3) is 0 Å². The molecule has 0 heterocycles. The highest BCUT2D eigenvalue weighted by atomic mass is 32.1. The molecule has 0 fully saturated rings. The molecule has 0 radical (unpaired) electrons. The Morgan fingerprint density at radius 1 is 0.933 bits per heavy atom. The smallest absolute Gasteiger partial charge is 0.0176 e. The molecule has 1 rings (SSSR count). The van der Waals surface area contributed by atoms with E-state index in [-0.39, 0.29) is 0 Å². The van der Waals surface area contributed by atoms with Crippen LogP contribution in [0.25, 0.3) is 0 Å². The van der Waals surface area contributed by atoms with Gasteiger partial charge in [0.2, 0.25) is 0 Å². The lowest BCUT2D eigenvalue weighted by molar-refractivity contribution is 0.702. The van der Waals surface area contributed by atoms with Gasteiger partial charge in [-0.2, -0.15) is 0 Å². The van der Waals surface area contributed by atoms with Gasteiger partial charge >= 0.3 is 0 Å². The monoisotopic (exact) mass is 242 g/mol. The van der Waals surface area contributed by atoms with Gasteiger partial charge in [-0.25, -0.2) is 0 Å². The van der Waals surface area contributed by atoms with Crippen molar-refractivity contribution < 1.29 is 0 Å². The molecule has 0 amide bonds. The summed E-state index contributed by atoms with van der Waals surface area (Å²) in [5.74, 6) is 0. The average Bonchev–Trinajstić information content (AvgIpc) is 2.22. The third-order valence-corrected chi connectivity index (χ3v) is 3.02. The van der Waals surface area contributed by atoms with Gasteiger partial charge in [0.05, 0.1) is 0 Å². The molecule has 0 nitrogen and oxygen atoms in total. The minimum atomic E-state index is 0.934. The van der Waals surface area contributed by atoms with E-state index < -0.39 is 0 Å². The van der Waals surface area contributed by atoms with Crippen molar-refractivity contribution >= 4 is 25.3 Å². The highest BCUT2D eigenvalue weighted by Gasteiger charge is 1.90. The first-order chi connectivity index (χ1) is 7.11. The number of hydrogen-bond acceptors (Lipinski definition) is 2. The van der Waals surface area contributed by atoms with Crippen molar-refractivity contribution in [3.63, 3.8) is 0 Å². The Bertz CT molecular complexity index is 265. The zero-order valence-corrected chi connectivity index (χ0v) is 11.7. The number of benzene rings is 1. The van der Waals surface area contributed by atoms with Gasteiger partial charge in [-0.05, 0) is 24.6 Å². The average molecular weight is 242 g/mol. The van der Waals surface area contributed by atoms with Crippen LogP contribution >= 0.6 is 25.3 Å². The van der Waals surface area contributed by atoms with Crippen molar-refractivity contribution in [3.8, 4) is 0 Å². The van der Waals surface area contributed by atoms with Gasteiger partial charge in [-0.3, -0.25) is 0 Å². The largest absolute Gasteiger partial charge is 0.142 e. The normalized spacial score (nSPS) is 9.40. The van der Waals surface area contributed by atoms with Gasteiger partial charge in [0.15, 0.2) is 0 Å². The molecule has 2 heteroatoms. The molecule has 1 aromatic carbocycles. The molecule has 0 N–H and O–H groups in total. The second-order valence-corrected chi connectivity index (χ2v) is 4.66. The van der Waals surface area contributed by atoms with Crippen LogP contribution in [-0.2, 0) is 0 Å². The van der Waals surface area contributed by atoms with Gasteiger partial charge in [-0.1, -0.05) is 45.6 Å². The molecule has 0 unspecified atom stereocenters. The summed E-state index contributed by atoms with van der Waals surface area (Å²) in [5.41, 5.74) is 1.22. The number of rotatable bonds is 3. The van der Waals surface area contributed by atoms with Crippen LogP contribution in [0.3, 0.4) is 0 Å². The van der Waals surface area contributed by atoms with E-state index in [9.17, 15) is 0 Å². The van der Waals surface area contributed by atoms with E-state index >= 15 is 0 Å². The van der Waals surface area contributed by atoms with Crippen LogP contribution in [0.2, 0.25) is 0 Å². The summed E-state index contributed by atoms with van der Waals surface area (Å²) < 4.78 is 0. The Balaban J connectivity index is 0.000000288. The maximum Gasteiger partial charge on any atom is 0.0176 e. The van der Waals surface area contributed by atoms with Crippen LogP contribution in [0.4, 0.5) is 0 Å². The fourth-order valence-corrected chi connectivity index (χ4v) is 1.55. The molecule has 15 heavy (non-hydrogen) atoms. The zero-order chi connectivity index (χ0) is 11.7. The molecule has 0 aliphatic carbocycles. The summed E-state index contributed by atoms with van der Waals surface area (Å²) in [6.45, 7) is 6.50. The number of aryl methyl sites for hydroxylation is 1. The van der Waals surface area contributed by atoms with Crippen LogP contribution in [0.1, 0.15) is 45.1 Å². The zero-order valence-electron chi connectivity index (χ0n) is 9.95. The molecule has 0 spiro atoms. The molecule has 0 atom stereocenters. The number of thiol groups is 2. The van der Waals surface area contributed by atoms with Crippen molar-refractivity contribution in [1.29, 1.82) is 0 Å². The van der Waals surface area contributed by atoms with Crippen molar-refractivity contribution in [2.45, 2.75) is 56.2 Å². The summed E-state index contributed by atoms with van der Waals surface area (Å²) in [7, 11) is 0. The van der Waals surface area contributed by atoms with Gasteiger partial charge in [0, 0.05) is 9.79 Å². The lowest BCUT2D eigenvalue weighted by atomic mass is 10.2. The molecule has 0 saturated carbocycles. The van der Waals surface area contributed by atoms with Crippen LogP contribution < -0.4 is 0 Å². The minimum absolute atomic E-state index is 0.934. The van der Waals surface area contributed by atoms with E-state index in [2.05, 4.69) is 39.1 Å². The van der Waals surface area contributed by atoms with E-state index in [1.165, 1.54) is 31.2 Å². The summed E-state index contributed by atoms with van der Waals surface area (Å²) in [4.78, 5) is 1.88. The van der Waals surface area contributed by atoms with E-state index in [1.807, 2.05) is 25.1 Å². The summed E-state index contributed by atoms with van der Waals surface area (Å²) >= 11 is 8.36. The predicted octanol–water partition coefficient (Wildman–Crippen LogP) is 5.16. The molecular formula is C13H22S2. The van der Waals surface area contributed by atoms with Gasteiger partial charge < -0.3 is 0 Å². The quantitative estimate of drug-likeness (QED) is 0.531.